The molecule has 0 bridgehead atoms. The molecule has 0 aliphatic heterocycles. The van der Waals surface area contributed by atoms with Crippen LogP contribution in [-0.4, -0.2) is 35.1 Å². The lowest BCUT2D eigenvalue weighted by molar-refractivity contribution is 0.0887. The van der Waals surface area contributed by atoms with E-state index in [4.69, 9.17) is 9.47 Å². The fourth-order valence-corrected chi connectivity index (χ4v) is 3.19. The molecule has 0 spiro atoms. The van der Waals surface area contributed by atoms with Crippen LogP contribution in [0.3, 0.4) is 0 Å². The minimum Gasteiger partial charge on any atom is -0.489 e. The highest BCUT2D eigenvalue weighted by Gasteiger charge is 2.24. The maximum Gasteiger partial charge on any atom is 0.270 e. The van der Waals surface area contributed by atoms with Crippen LogP contribution >= 0.6 is 0 Å². The minimum atomic E-state index is -0.129. The van der Waals surface area contributed by atoms with Crippen LogP contribution < -0.4 is 10.1 Å². The molecule has 1 amide bonds. The summed E-state index contributed by atoms with van der Waals surface area (Å²) in [6, 6.07) is 9.41. The van der Waals surface area contributed by atoms with Crippen molar-refractivity contribution in [3.05, 3.63) is 53.6 Å². The molecular formula is C20H25N3O3. The van der Waals surface area contributed by atoms with Crippen LogP contribution in [-0.2, 0) is 11.3 Å². The fourth-order valence-electron chi connectivity index (χ4n) is 3.19. The highest BCUT2D eigenvalue weighted by Crippen LogP contribution is 2.25. The van der Waals surface area contributed by atoms with Crippen molar-refractivity contribution in [3.63, 3.8) is 0 Å². The normalized spacial score (nSPS) is 19.8. The third-order valence-electron chi connectivity index (χ3n) is 4.59. The van der Waals surface area contributed by atoms with E-state index in [9.17, 15) is 4.79 Å². The fraction of sp³-hybridized carbons (Fsp3) is 0.450. The van der Waals surface area contributed by atoms with Crippen LogP contribution in [0.25, 0.3) is 0 Å². The zero-order valence-corrected chi connectivity index (χ0v) is 15.3. The number of rotatable bonds is 6. The molecular weight excluding hydrogens is 330 g/mol. The predicted octanol–water partition coefficient (Wildman–Crippen LogP) is 3.05. The molecule has 3 rings (SSSR count). The number of carbonyl (C=O) groups excluding carboxylic acids is 1. The van der Waals surface area contributed by atoms with Gasteiger partial charge in [-0.2, -0.15) is 0 Å². The van der Waals surface area contributed by atoms with Gasteiger partial charge in [0.05, 0.1) is 24.1 Å². The van der Waals surface area contributed by atoms with Crippen LogP contribution in [0.1, 0.15) is 47.6 Å². The van der Waals surface area contributed by atoms with Crippen molar-refractivity contribution in [2.24, 2.45) is 0 Å². The Labute approximate surface area is 154 Å². The molecule has 2 heterocycles. The Kier molecular flexibility index (Phi) is 6.17. The predicted molar refractivity (Wildman–Crippen MR) is 98.1 cm³/mol. The lowest BCUT2D eigenvalue weighted by atomic mass is 9.92. The molecule has 0 unspecified atom stereocenters. The molecule has 0 aromatic carbocycles. The molecule has 2 aromatic rings. The van der Waals surface area contributed by atoms with Gasteiger partial charge in [0.1, 0.15) is 11.4 Å². The van der Waals surface area contributed by atoms with E-state index >= 15 is 0 Å². The SMILES string of the molecule is COCc1cccc(C(=O)NC2CCC(Oc3cccnc3C)CC2)n1. The molecule has 0 radical (unpaired) electrons. The summed E-state index contributed by atoms with van der Waals surface area (Å²) in [5.41, 5.74) is 2.10. The molecule has 6 heteroatoms. The first-order valence-electron chi connectivity index (χ1n) is 8.99. The second-order valence-electron chi connectivity index (χ2n) is 6.60. The Bertz CT molecular complexity index is 743. The summed E-state index contributed by atoms with van der Waals surface area (Å²) < 4.78 is 11.1. The van der Waals surface area contributed by atoms with E-state index in [0.717, 1.165) is 42.8 Å². The molecule has 2 aromatic heterocycles. The largest absolute Gasteiger partial charge is 0.489 e. The zero-order chi connectivity index (χ0) is 18.4. The van der Waals surface area contributed by atoms with Gasteiger partial charge in [0.15, 0.2) is 0 Å². The van der Waals surface area contributed by atoms with Crippen LogP contribution in [0.2, 0.25) is 0 Å². The van der Waals surface area contributed by atoms with Crippen LogP contribution in [0.15, 0.2) is 36.5 Å². The van der Waals surface area contributed by atoms with Crippen molar-refractivity contribution >= 4 is 5.91 Å². The van der Waals surface area contributed by atoms with E-state index in [0.29, 0.717) is 12.3 Å². The Hall–Kier alpha value is -2.47. The smallest absolute Gasteiger partial charge is 0.270 e. The summed E-state index contributed by atoms with van der Waals surface area (Å²) >= 11 is 0. The summed E-state index contributed by atoms with van der Waals surface area (Å²) in [6.45, 7) is 2.35. The molecule has 0 saturated heterocycles. The quantitative estimate of drug-likeness (QED) is 0.862. The standard InChI is InChI=1S/C20H25N3O3/c1-14-19(7-4-12-21-14)26-17-10-8-15(9-11-17)23-20(24)18-6-3-5-16(22-18)13-25-2/h3-7,12,15,17H,8-11,13H2,1-2H3,(H,23,24). The first-order valence-corrected chi connectivity index (χ1v) is 8.99. The number of nitrogens with one attached hydrogen (secondary N) is 1. The number of aromatic nitrogens is 2. The maximum atomic E-state index is 12.4. The number of methoxy groups -OCH3 is 1. The summed E-state index contributed by atoms with van der Waals surface area (Å²) in [6.07, 6.45) is 5.56. The minimum absolute atomic E-state index is 0.129. The summed E-state index contributed by atoms with van der Waals surface area (Å²) in [4.78, 5) is 21.0. The lowest BCUT2D eigenvalue weighted by Crippen LogP contribution is -2.40. The summed E-state index contributed by atoms with van der Waals surface area (Å²) in [5, 5.41) is 3.09. The van der Waals surface area contributed by atoms with Crippen molar-refractivity contribution in [2.75, 3.05) is 7.11 Å². The first kappa shape index (κ1) is 18.3. The van der Waals surface area contributed by atoms with Gasteiger partial charge in [0.25, 0.3) is 5.91 Å². The van der Waals surface area contributed by atoms with Gasteiger partial charge in [-0.3, -0.25) is 9.78 Å². The van der Waals surface area contributed by atoms with Gasteiger partial charge in [-0.25, -0.2) is 4.98 Å². The number of nitrogens with zero attached hydrogens (tertiary/aromatic N) is 2. The Balaban J connectivity index is 1.50. The zero-order valence-electron chi connectivity index (χ0n) is 15.3. The van der Waals surface area contributed by atoms with Gasteiger partial charge in [0.2, 0.25) is 0 Å². The molecule has 1 aliphatic carbocycles. The van der Waals surface area contributed by atoms with Crippen molar-refractivity contribution in [3.8, 4) is 5.75 Å². The first-order chi connectivity index (χ1) is 12.7. The van der Waals surface area contributed by atoms with Crippen molar-refractivity contribution in [1.82, 2.24) is 15.3 Å². The van der Waals surface area contributed by atoms with Gasteiger partial charge in [-0.1, -0.05) is 6.07 Å². The highest BCUT2D eigenvalue weighted by molar-refractivity contribution is 5.92. The van der Waals surface area contributed by atoms with E-state index in [1.54, 1.807) is 19.4 Å². The summed E-state index contributed by atoms with van der Waals surface area (Å²) in [7, 11) is 1.61. The van der Waals surface area contributed by atoms with Crippen molar-refractivity contribution < 1.29 is 14.3 Å². The van der Waals surface area contributed by atoms with Gasteiger partial charge in [-0.05, 0) is 56.9 Å². The second-order valence-corrected chi connectivity index (χ2v) is 6.60. The molecule has 1 aliphatic rings. The topological polar surface area (TPSA) is 73.3 Å². The number of pyridine rings is 2. The van der Waals surface area contributed by atoms with Crippen LogP contribution in [0.5, 0.6) is 5.75 Å². The van der Waals surface area contributed by atoms with E-state index in [-0.39, 0.29) is 18.1 Å². The van der Waals surface area contributed by atoms with Crippen LogP contribution in [0, 0.1) is 6.92 Å². The number of hydrogen-bond acceptors (Lipinski definition) is 5. The average Bonchev–Trinajstić information content (AvgIpc) is 2.66. The van der Waals surface area contributed by atoms with E-state index in [1.807, 2.05) is 31.2 Å². The van der Waals surface area contributed by atoms with Gasteiger partial charge >= 0.3 is 0 Å². The lowest BCUT2D eigenvalue weighted by Gasteiger charge is -2.29. The molecule has 138 valence electrons. The number of carbonyl (C=O) groups is 1. The average molecular weight is 355 g/mol. The Morgan fingerprint density at radius 3 is 2.73 bits per heavy atom. The third-order valence-corrected chi connectivity index (χ3v) is 4.59. The number of amides is 1. The van der Waals surface area contributed by atoms with E-state index in [1.165, 1.54) is 0 Å². The molecule has 26 heavy (non-hydrogen) atoms. The van der Waals surface area contributed by atoms with Crippen molar-refractivity contribution in [1.29, 1.82) is 0 Å². The molecule has 0 atom stereocenters. The molecule has 1 fully saturated rings. The Morgan fingerprint density at radius 2 is 2.00 bits per heavy atom. The highest BCUT2D eigenvalue weighted by atomic mass is 16.5. The monoisotopic (exact) mass is 355 g/mol. The second kappa shape index (κ2) is 8.76. The van der Waals surface area contributed by atoms with Crippen molar-refractivity contribution in [2.45, 2.75) is 51.4 Å². The van der Waals surface area contributed by atoms with Gasteiger partial charge in [0, 0.05) is 19.3 Å². The van der Waals surface area contributed by atoms with E-state index < -0.39 is 0 Å². The van der Waals surface area contributed by atoms with E-state index in [2.05, 4.69) is 15.3 Å². The third kappa shape index (κ3) is 4.79. The van der Waals surface area contributed by atoms with Gasteiger partial charge in [-0.15, -0.1) is 0 Å². The number of aryl methyl sites for hydroxylation is 1. The maximum absolute atomic E-state index is 12.4. The molecule has 1 saturated carbocycles. The van der Waals surface area contributed by atoms with Gasteiger partial charge < -0.3 is 14.8 Å². The number of hydrogen-bond donors (Lipinski definition) is 1. The Morgan fingerprint density at radius 1 is 1.19 bits per heavy atom. The van der Waals surface area contributed by atoms with Crippen LogP contribution in [0.4, 0.5) is 0 Å². The molecule has 6 nitrogen and oxygen atoms in total. The number of ether oxygens (including phenoxy) is 2. The summed E-state index contributed by atoms with van der Waals surface area (Å²) in [5.74, 6) is 0.717. The molecule has 1 N–H and O–H groups in total.